The highest BCUT2D eigenvalue weighted by molar-refractivity contribution is 5.78. The van der Waals surface area contributed by atoms with Crippen LogP contribution in [0.15, 0.2) is 24.3 Å². The summed E-state index contributed by atoms with van der Waals surface area (Å²) < 4.78 is 10.5. The number of nitrogens with one attached hydrogen (secondary N) is 1. The van der Waals surface area contributed by atoms with E-state index in [4.69, 9.17) is 9.47 Å². The number of carbonyl (C=O) groups is 1. The second-order valence-electron chi connectivity index (χ2n) is 3.61. The summed E-state index contributed by atoms with van der Waals surface area (Å²) >= 11 is 0. The van der Waals surface area contributed by atoms with Crippen LogP contribution < -0.4 is 10.1 Å². The summed E-state index contributed by atoms with van der Waals surface area (Å²) in [5.74, 6) is 0.747. The number of amides is 1. The number of hydrogen-bond acceptors (Lipinski definition) is 3. The first-order chi connectivity index (χ1) is 7.81. The van der Waals surface area contributed by atoms with Crippen molar-refractivity contribution >= 4 is 5.91 Å². The number of ether oxygens (including phenoxy) is 2. The molecule has 0 spiro atoms. The van der Waals surface area contributed by atoms with Crippen LogP contribution in [0.3, 0.4) is 0 Å². The molecule has 1 heterocycles. The summed E-state index contributed by atoms with van der Waals surface area (Å²) in [4.78, 5) is 11.5. The topological polar surface area (TPSA) is 47.6 Å². The molecule has 86 valence electrons. The average Bonchev–Trinajstić information content (AvgIpc) is 2.70. The Morgan fingerprint density at radius 1 is 1.56 bits per heavy atom. The van der Waals surface area contributed by atoms with E-state index >= 15 is 0 Å². The van der Waals surface area contributed by atoms with Gasteiger partial charge in [-0.2, -0.15) is 0 Å². The molecule has 0 bridgehead atoms. The molecule has 0 aliphatic carbocycles. The van der Waals surface area contributed by atoms with E-state index < -0.39 is 0 Å². The molecular weight excluding hydrogens is 206 g/mol. The zero-order chi connectivity index (χ0) is 11.4. The fourth-order valence-electron chi connectivity index (χ4n) is 1.71. The molecule has 2 rings (SSSR count). The monoisotopic (exact) mass is 221 g/mol. The quantitative estimate of drug-likeness (QED) is 0.833. The maximum Gasteiger partial charge on any atom is 0.246 e. The lowest BCUT2D eigenvalue weighted by Crippen LogP contribution is -2.32. The van der Waals surface area contributed by atoms with Gasteiger partial charge in [-0.3, -0.25) is 4.79 Å². The van der Waals surface area contributed by atoms with Gasteiger partial charge in [-0.05, 0) is 13.0 Å². The highest BCUT2D eigenvalue weighted by atomic mass is 16.5. The maximum absolute atomic E-state index is 11.5. The summed E-state index contributed by atoms with van der Waals surface area (Å²) in [6.07, 6.45) is 0. The molecule has 4 heteroatoms. The fourth-order valence-corrected chi connectivity index (χ4v) is 1.71. The molecule has 16 heavy (non-hydrogen) atoms. The van der Waals surface area contributed by atoms with Gasteiger partial charge in [-0.25, -0.2) is 0 Å². The lowest BCUT2D eigenvalue weighted by Gasteiger charge is -2.11. The second-order valence-corrected chi connectivity index (χ2v) is 3.61. The number of carbonyl (C=O) groups excluding carboxylic acids is 1. The normalized spacial score (nSPS) is 17.7. The molecule has 0 saturated carbocycles. The number of para-hydroxylation sites is 1. The number of benzene rings is 1. The van der Waals surface area contributed by atoms with Crippen molar-refractivity contribution in [2.45, 2.75) is 13.0 Å². The zero-order valence-electron chi connectivity index (χ0n) is 9.23. The van der Waals surface area contributed by atoms with Crippen molar-refractivity contribution in [2.24, 2.45) is 0 Å². The Hall–Kier alpha value is -1.55. The third-order valence-electron chi connectivity index (χ3n) is 2.47. The highest BCUT2D eigenvalue weighted by Crippen LogP contribution is 2.31. The van der Waals surface area contributed by atoms with Gasteiger partial charge in [-0.15, -0.1) is 0 Å². The zero-order valence-corrected chi connectivity index (χ0v) is 9.23. The largest absolute Gasteiger partial charge is 0.491 e. The minimum Gasteiger partial charge on any atom is -0.491 e. The summed E-state index contributed by atoms with van der Waals surface area (Å²) in [5.41, 5.74) is 1.03. The van der Waals surface area contributed by atoms with Crippen LogP contribution in [0.25, 0.3) is 0 Å². The number of rotatable bonds is 4. The summed E-state index contributed by atoms with van der Waals surface area (Å²) in [5, 5.41) is 2.88. The molecule has 1 N–H and O–H groups in total. The lowest BCUT2D eigenvalue weighted by atomic mass is 10.1. The molecule has 1 aliphatic heterocycles. The van der Waals surface area contributed by atoms with Crippen molar-refractivity contribution in [3.05, 3.63) is 29.8 Å². The number of hydrogen-bond donors (Lipinski definition) is 1. The minimum absolute atomic E-state index is 0.0517. The van der Waals surface area contributed by atoms with Crippen LogP contribution in [0.1, 0.15) is 18.5 Å². The molecule has 1 aromatic rings. The SMILES string of the molecule is CCOCC(=O)NC1COc2ccccc21. The van der Waals surface area contributed by atoms with Crippen molar-refractivity contribution in [1.82, 2.24) is 5.32 Å². The van der Waals surface area contributed by atoms with Gasteiger partial charge in [0.25, 0.3) is 0 Å². The Morgan fingerprint density at radius 2 is 2.38 bits per heavy atom. The Balaban J connectivity index is 1.95. The Morgan fingerprint density at radius 3 is 3.19 bits per heavy atom. The van der Waals surface area contributed by atoms with Gasteiger partial charge < -0.3 is 14.8 Å². The van der Waals surface area contributed by atoms with E-state index in [0.29, 0.717) is 13.2 Å². The summed E-state index contributed by atoms with van der Waals surface area (Å²) in [7, 11) is 0. The van der Waals surface area contributed by atoms with E-state index in [1.807, 2.05) is 31.2 Å². The Bertz CT molecular complexity index is 378. The van der Waals surface area contributed by atoms with E-state index in [1.54, 1.807) is 0 Å². The van der Waals surface area contributed by atoms with E-state index in [1.165, 1.54) is 0 Å². The highest BCUT2D eigenvalue weighted by Gasteiger charge is 2.24. The van der Waals surface area contributed by atoms with E-state index in [-0.39, 0.29) is 18.6 Å². The lowest BCUT2D eigenvalue weighted by molar-refractivity contribution is -0.126. The molecule has 1 unspecified atom stereocenters. The molecule has 1 aliphatic rings. The van der Waals surface area contributed by atoms with Gasteiger partial charge in [0.05, 0.1) is 6.04 Å². The third kappa shape index (κ3) is 2.33. The Labute approximate surface area is 94.6 Å². The molecule has 1 atom stereocenters. The predicted octanol–water partition coefficient (Wildman–Crippen LogP) is 1.27. The van der Waals surface area contributed by atoms with Crippen LogP contribution >= 0.6 is 0 Å². The predicted molar refractivity (Wildman–Crippen MR) is 59.3 cm³/mol. The van der Waals surface area contributed by atoms with Crippen LogP contribution in [0.4, 0.5) is 0 Å². The first-order valence-electron chi connectivity index (χ1n) is 5.40. The molecule has 4 nitrogen and oxygen atoms in total. The van der Waals surface area contributed by atoms with Gasteiger partial charge in [0.1, 0.15) is 19.0 Å². The molecule has 0 saturated heterocycles. The van der Waals surface area contributed by atoms with Crippen LogP contribution in [0, 0.1) is 0 Å². The molecule has 0 radical (unpaired) electrons. The van der Waals surface area contributed by atoms with Gasteiger partial charge >= 0.3 is 0 Å². The van der Waals surface area contributed by atoms with Crippen LogP contribution in [0.2, 0.25) is 0 Å². The summed E-state index contributed by atoms with van der Waals surface area (Å²) in [6, 6.07) is 7.68. The Kier molecular flexibility index (Phi) is 3.41. The number of fused-ring (bicyclic) bond motifs is 1. The molecule has 1 amide bonds. The van der Waals surface area contributed by atoms with Crippen molar-refractivity contribution in [1.29, 1.82) is 0 Å². The van der Waals surface area contributed by atoms with Crippen LogP contribution in [-0.2, 0) is 9.53 Å². The van der Waals surface area contributed by atoms with Gasteiger partial charge in [0.2, 0.25) is 5.91 Å². The third-order valence-corrected chi connectivity index (χ3v) is 2.47. The smallest absolute Gasteiger partial charge is 0.246 e. The maximum atomic E-state index is 11.5. The van der Waals surface area contributed by atoms with E-state index in [2.05, 4.69) is 5.32 Å². The molecule has 1 aromatic carbocycles. The minimum atomic E-state index is -0.104. The van der Waals surface area contributed by atoms with Crippen molar-refractivity contribution < 1.29 is 14.3 Å². The van der Waals surface area contributed by atoms with Crippen molar-refractivity contribution in [3.63, 3.8) is 0 Å². The average molecular weight is 221 g/mol. The van der Waals surface area contributed by atoms with E-state index in [9.17, 15) is 4.79 Å². The van der Waals surface area contributed by atoms with Gasteiger partial charge in [-0.1, -0.05) is 18.2 Å². The second kappa shape index (κ2) is 4.99. The molecular formula is C12H15NO3. The fraction of sp³-hybridized carbons (Fsp3) is 0.417. The van der Waals surface area contributed by atoms with Crippen molar-refractivity contribution in [2.75, 3.05) is 19.8 Å². The summed E-state index contributed by atoms with van der Waals surface area (Å²) in [6.45, 7) is 3.01. The molecule has 0 fully saturated rings. The first kappa shape index (κ1) is 11.0. The van der Waals surface area contributed by atoms with Gasteiger partial charge in [0.15, 0.2) is 0 Å². The molecule has 0 aromatic heterocycles. The van der Waals surface area contributed by atoms with Crippen LogP contribution in [-0.4, -0.2) is 25.7 Å². The standard InChI is InChI=1S/C12H15NO3/c1-2-15-8-12(14)13-10-7-16-11-6-4-3-5-9(10)11/h3-6,10H,2,7-8H2,1H3,(H,13,14). The first-order valence-corrected chi connectivity index (χ1v) is 5.40. The van der Waals surface area contributed by atoms with E-state index in [0.717, 1.165) is 11.3 Å². The van der Waals surface area contributed by atoms with Crippen molar-refractivity contribution in [3.8, 4) is 5.75 Å². The van der Waals surface area contributed by atoms with Crippen LogP contribution in [0.5, 0.6) is 5.75 Å². The van der Waals surface area contributed by atoms with Gasteiger partial charge in [0, 0.05) is 12.2 Å².